The summed E-state index contributed by atoms with van der Waals surface area (Å²) in [6.45, 7) is 0.741. The first-order chi connectivity index (χ1) is 9.08. The van der Waals surface area contributed by atoms with Gasteiger partial charge in [0.25, 0.3) is 0 Å². The van der Waals surface area contributed by atoms with Crippen LogP contribution < -0.4 is 5.32 Å². The summed E-state index contributed by atoms with van der Waals surface area (Å²) in [4.78, 5) is -0.139. The standard InChI is InChI=1S/C12H17F3N2O2S/c1-9-4-5-11(6-10(9)7-16-2)20(18,19)17(3)8-12(13,14)15/h4-6,16H,7-8H2,1-3H3. The molecule has 1 rings (SSSR count). The van der Waals surface area contributed by atoms with Gasteiger partial charge in [0.1, 0.15) is 6.54 Å². The quantitative estimate of drug-likeness (QED) is 0.903. The van der Waals surface area contributed by atoms with Crippen molar-refractivity contribution in [1.29, 1.82) is 0 Å². The molecular weight excluding hydrogens is 293 g/mol. The number of nitrogens with zero attached hydrogens (tertiary/aromatic N) is 1. The van der Waals surface area contributed by atoms with Crippen LogP contribution in [0.1, 0.15) is 11.1 Å². The number of rotatable bonds is 5. The van der Waals surface area contributed by atoms with Gasteiger partial charge in [0.05, 0.1) is 4.90 Å². The van der Waals surface area contributed by atoms with Gasteiger partial charge >= 0.3 is 6.18 Å². The van der Waals surface area contributed by atoms with Gasteiger partial charge in [-0.1, -0.05) is 6.07 Å². The Hall–Kier alpha value is -1.12. The van der Waals surface area contributed by atoms with Gasteiger partial charge in [0.2, 0.25) is 10.0 Å². The zero-order valence-corrected chi connectivity index (χ0v) is 12.3. The molecule has 0 bridgehead atoms. The molecule has 0 aliphatic rings. The molecule has 0 aliphatic heterocycles. The summed E-state index contributed by atoms with van der Waals surface area (Å²) in [6, 6.07) is 4.30. The van der Waals surface area contributed by atoms with Crippen molar-refractivity contribution in [3.05, 3.63) is 29.3 Å². The number of benzene rings is 1. The largest absolute Gasteiger partial charge is 0.402 e. The van der Waals surface area contributed by atoms with Crippen LogP contribution in [-0.4, -0.2) is 39.5 Å². The molecular formula is C12H17F3N2O2S. The van der Waals surface area contributed by atoms with Crippen molar-refractivity contribution in [3.63, 3.8) is 0 Å². The Morgan fingerprint density at radius 1 is 1.30 bits per heavy atom. The van der Waals surface area contributed by atoms with E-state index in [1.807, 2.05) is 6.92 Å². The maximum Gasteiger partial charge on any atom is 0.402 e. The van der Waals surface area contributed by atoms with Gasteiger partial charge in [0, 0.05) is 13.6 Å². The maximum atomic E-state index is 12.3. The van der Waals surface area contributed by atoms with Gasteiger partial charge in [-0.15, -0.1) is 0 Å². The molecule has 114 valence electrons. The molecule has 0 heterocycles. The Balaban J connectivity index is 3.12. The second-order valence-electron chi connectivity index (χ2n) is 4.49. The number of alkyl halides is 3. The molecule has 0 aromatic heterocycles. The number of nitrogens with one attached hydrogen (secondary N) is 1. The van der Waals surface area contributed by atoms with Crippen LogP contribution in [0.25, 0.3) is 0 Å². The molecule has 0 unspecified atom stereocenters. The van der Waals surface area contributed by atoms with Crippen molar-refractivity contribution in [2.24, 2.45) is 0 Å². The van der Waals surface area contributed by atoms with Crippen LogP contribution in [-0.2, 0) is 16.6 Å². The van der Waals surface area contributed by atoms with Crippen LogP contribution in [0.5, 0.6) is 0 Å². The van der Waals surface area contributed by atoms with E-state index in [-0.39, 0.29) is 4.90 Å². The Morgan fingerprint density at radius 3 is 2.40 bits per heavy atom. The van der Waals surface area contributed by atoms with Crippen LogP contribution in [0.15, 0.2) is 23.1 Å². The lowest BCUT2D eigenvalue weighted by Gasteiger charge is -2.19. The summed E-state index contributed by atoms with van der Waals surface area (Å²) in [6.07, 6.45) is -4.57. The fourth-order valence-electron chi connectivity index (χ4n) is 1.71. The zero-order valence-electron chi connectivity index (χ0n) is 11.5. The Labute approximate surface area is 116 Å². The summed E-state index contributed by atoms with van der Waals surface area (Å²) >= 11 is 0. The molecule has 20 heavy (non-hydrogen) atoms. The van der Waals surface area contributed by atoms with E-state index in [1.54, 1.807) is 13.1 Å². The summed E-state index contributed by atoms with van der Waals surface area (Å²) in [5, 5.41) is 2.88. The van der Waals surface area contributed by atoms with E-state index in [1.165, 1.54) is 12.1 Å². The minimum absolute atomic E-state index is 0.139. The third kappa shape index (κ3) is 4.19. The Morgan fingerprint density at radius 2 is 1.90 bits per heavy atom. The second-order valence-corrected chi connectivity index (χ2v) is 6.54. The maximum absolute atomic E-state index is 12.3. The van der Waals surface area contributed by atoms with Gasteiger partial charge in [-0.2, -0.15) is 17.5 Å². The number of halogens is 3. The highest BCUT2D eigenvalue weighted by atomic mass is 32.2. The molecule has 0 saturated carbocycles. The monoisotopic (exact) mass is 310 g/mol. The van der Waals surface area contributed by atoms with Gasteiger partial charge in [0.15, 0.2) is 0 Å². The van der Waals surface area contributed by atoms with Gasteiger partial charge in [-0.25, -0.2) is 8.42 Å². The zero-order chi connectivity index (χ0) is 15.6. The average Bonchev–Trinajstić information content (AvgIpc) is 2.29. The SMILES string of the molecule is CNCc1cc(S(=O)(=O)N(C)CC(F)(F)F)ccc1C. The van der Waals surface area contributed by atoms with Crippen LogP contribution in [0, 0.1) is 6.92 Å². The first-order valence-corrected chi connectivity index (χ1v) is 7.29. The molecule has 0 spiro atoms. The lowest BCUT2D eigenvalue weighted by atomic mass is 10.1. The topological polar surface area (TPSA) is 49.4 Å². The molecule has 0 atom stereocenters. The molecule has 0 amide bonds. The smallest absolute Gasteiger partial charge is 0.316 e. The molecule has 0 aliphatic carbocycles. The van der Waals surface area contributed by atoms with E-state index >= 15 is 0 Å². The minimum atomic E-state index is -4.57. The van der Waals surface area contributed by atoms with Crippen LogP contribution in [0.4, 0.5) is 13.2 Å². The second kappa shape index (κ2) is 6.11. The normalized spacial score (nSPS) is 12.9. The highest BCUT2D eigenvalue weighted by Gasteiger charge is 2.34. The number of aryl methyl sites for hydroxylation is 1. The minimum Gasteiger partial charge on any atom is -0.316 e. The van der Waals surface area contributed by atoms with Crippen LogP contribution in [0.2, 0.25) is 0 Å². The van der Waals surface area contributed by atoms with E-state index in [2.05, 4.69) is 5.32 Å². The molecule has 1 aromatic carbocycles. The van der Waals surface area contributed by atoms with E-state index in [9.17, 15) is 21.6 Å². The molecule has 0 radical (unpaired) electrons. The Bertz CT molecular complexity index is 571. The molecule has 0 saturated heterocycles. The first kappa shape index (κ1) is 16.9. The highest BCUT2D eigenvalue weighted by molar-refractivity contribution is 7.89. The van der Waals surface area contributed by atoms with Gasteiger partial charge < -0.3 is 5.32 Å². The summed E-state index contributed by atoms with van der Waals surface area (Å²) in [5.41, 5.74) is 1.60. The van der Waals surface area contributed by atoms with Crippen molar-refractivity contribution in [1.82, 2.24) is 9.62 Å². The van der Waals surface area contributed by atoms with Crippen molar-refractivity contribution in [3.8, 4) is 0 Å². The number of sulfonamides is 1. The fraction of sp³-hybridized carbons (Fsp3) is 0.500. The molecule has 1 N–H and O–H groups in total. The first-order valence-electron chi connectivity index (χ1n) is 5.85. The van der Waals surface area contributed by atoms with Gasteiger partial charge in [-0.3, -0.25) is 0 Å². The van der Waals surface area contributed by atoms with Crippen LogP contribution in [0.3, 0.4) is 0 Å². The lowest BCUT2D eigenvalue weighted by molar-refractivity contribution is -0.134. The van der Waals surface area contributed by atoms with Crippen molar-refractivity contribution in [2.45, 2.75) is 24.5 Å². The van der Waals surface area contributed by atoms with Gasteiger partial charge in [-0.05, 0) is 37.2 Å². The van der Waals surface area contributed by atoms with Crippen LogP contribution >= 0.6 is 0 Å². The third-order valence-corrected chi connectivity index (χ3v) is 4.60. The molecule has 0 fully saturated rings. The predicted molar refractivity (Wildman–Crippen MR) is 69.8 cm³/mol. The fourth-order valence-corrected chi connectivity index (χ4v) is 2.91. The van der Waals surface area contributed by atoms with E-state index in [4.69, 9.17) is 0 Å². The van der Waals surface area contributed by atoms with Crippen molar-refractivity contribution < 1.29 is 21.6 Å². The number of hydrogen-bond donors (Lipinski definition) is 1. The van der Waals surface area contributed by atoms with E-state index in [0.29, 0.717) is 10.8 Å². The number of hydrogen-bond acceptors (Lipinski definition) is 3. The highest BCUT2D eigenvalue weighted by Crippen LogP contribution is 2.23. The molecule has 1 aromatic rings. The van der Waals surface area contributed by atoms with Crippen molar-refractivity contribution >= 4 is 10.0 Å². The molecule has 8 heteroatoms. The summed E-state index contributed by atoms with van der Waals surface area (Å²) < 4.78 is 61.4. The van der Waals surface area contributed by atoms with E-state index in [0.717, 1.165) is 18.2 Å². The predicted octanol–water partition coefficient (Wildman–Crippen LogP) is 1.90. The van der Waals surface area contributed by atoms with Crippen molar-refractivity contribution in [2.75, 3.05) is 20.6 Å². The Kier molecular flexibility index (Phi) is 5.17. The average molecular weight is 310 g/mol. The summed E-state index contributed by atoms with van der Waals surface area (Å²) in [7, 11) is -1.52. The summed E-state index contributed by atoms with van der Waals surface area (Å²) in [5.74, 6) is 0. The molecule has 4 nitrogen and oxygen atoms in total. The third-order valence-electron chi connectivity index (χ3n) is 2.80. The van der Waals surface area contributed by atoms with E-state index < -0.39 is 22.7 Å². The lowest BCUT2D eigenvalue weighted by Crippen LogP contribution is -2.35.